The van der Waals surface area contributed by atoms with Crippen LogP contribution < -0.4 is 75.3 Å². The highest BCUT2D eigenvalue weighted by molar-refractivity contribution is 6.41. The van der Waals surface area contributed by atoms with Crippen LogP contribution in [0.2, 0.25) is 0 Å². The number of likely N-dealkylation sites (tertiary alicyclic amines) is 2. The maximum Gasteiger partial charge on any atom is 0.320 e. The van der Waals surface area contributed by atoms with Crippen molar-refractivity contribution in [1.29, 1.82) is 0 Å². The van der Waals surface area contributed by atoms with Gasteiger partial charge in [-0.2, -0.15) is 0 Å². The summed E-state index contributed by atoms with van der Waals surface area (Å²) in [5.74, 6) is -33.0. The van der Waals surface area contributed by atoms with Crippen molar-refractivity contribution in [3.8, 4) is 0 Å². The topological polar surface area (TPSA) is 761 Å². The fraction of sp³-hybridized carbons (Fsp3) is 0.690. The van der Waals surface area contributed by atoms with E-state index in [2.05, 4.69) is 63.8 Å². The van der Waals surface area contributed by atoms with Crippen LogP contribution >= 0.6 is 0 Å². The van der Waals surface area contributed by atoms with Gasteiger partial charge < -0.3 is 123 Å². The fourth-order valence-corrected chi connectivity index (χ4v) is 13.7. The smallest absolute Gasteiger partial charge is 0.320 e. The number of hydrogen-bond donors (Lipinski definition) is 16. The standard InChI is InChI=1S/C74H116N14O31.C10H16N2O5.2H2/c1-112-34-25-76-67(104)54(91)20-11-44(59(96)71(108)80-29-38-116-5)42-46(89)13-15-50(64(101)85-48(61(98)73(110)82-31-40-118-7)17-22-56(93)69(106)78-27-36-114-3)84-58(95)24-19-53(88-33-9-10-52(88)63(75)100)66(103)87-51(65(102)86-49(62(99)74(111)83-32-41-119-8)18-23-57(94)70(107)79-28-37-115-4)16-14-47(90)43-45(60(97)72(109)81-30-39-117-6)12-21-55(92)68(105)77-26-35-113-2;11-9(15)6-2-1-5-12(6)7(10(16)17)3-4-8(13)14;;/h44-45,48-53H,9-43H2,1-8H3,(H2,75,100)(H,76,104)(H,77,105)(H,78,106)(H,79,107)(H,80,108)(H,81,109)(H,82,110)(H,83,111)(H,84,95)(H,85,101)(H,86,102)(H,87,103);6-7H,1-5H2,(H2,11,15)(H,13,14)(H,16,17);2*1H/t44?,45?,48?,49?,50?,51?,52-,53?;6-,7?;;/m00../s1. The van der Waals surface area contributed by atoms with Crippen LogP contribution in [0.1, 0.15) is 144 Å². The third-order valence-corrected chi connectivity index (χ3v) is 21.0. The number of primary amides is 2. The van der Waals surface area contributed by atoms with Gasteiger partial charge in [0.1, 0.15) is 29.7 Å². The predicted molar refractivity (Wildman–Crippen MR) is 472 cm³/mol. The molecule has 2 aliphatic rings. The summed E-state index contributed by atoms with van der Waals surface area (Å²) in [5, 5.41) is 45.4. The molecular weight excluding hydrogens is 1810 g/mol. The van der Waals surface area contributed by atoms with Crippen LogP contribution in [0.5, 0.6) is 0 Å². The second-order valence-electron chi connectivity index (χ2n) is 31.0. The Labute approximate surface area is 786 Å². The van der Waals surface area contributed by atoms with Crippen LogP contribution in [-0.4, -0.2) is 396 Å². The van der Waals surface area contributed by atoms with Crippen LogP contribution in [0.4, 0.5) is 0 Å². The van der Waals surface area contributed by atoms with Crippen LogP contribution in [0.3, 0.4) is 0 Å². The highest BCUT2D eigenvalue weighted by Gasteiger charge is 2.43. The van der Waals surface area contributed by atoms with E-state index in [0.717, 1.165) is 0 Å². The van der Waals surface area contributed by atoms with Crippen molar-refractivity contribution in [3.05, 3.63) is 0 Å². The van der Waals surface area contributed by atoms with Crippen molar-refractivity contribution in [2.24, 2.45) is 23.3 Å². The first-order valence-corrected chi connectivity index (χ1v) is 43.9. The van der Waals surface area contributed by atoms with E-state index >= 15 is 4.79 Å². The van der Waals surface area contributed by atoms with Crippen molar-refractivity contribution in [2.45, 2.75) is 190 Å². The van der Waals surface area contributed by atoms with Crippen molar-refractivity contribution in [1.82, 2.24) is 73.6 Å². The average Bonchev–Trinajstić information content (AvgIpc) is 1.63. The molecule has 2 aliphatic heterocycles. The van der Waals surface area contributed by atoms with Crippen molar-refractivity contribution >= 4 is 152 Å². The summed E-state index contributed by atoms with van der Waals surface area (Å²) >= 11 is 0. The van der Waals surface area contributed by atoms with Gasteiger partial charge in [-0.1, -0.05) is 0 Å². The minimum atomic E-state index is -2.06. The summed E-state index contributed by atoms with van der Waals surface area (Å²) < 4.78 is 39.3. The molecule has 136 heavy (non-hydrogen) atoms. The molecule has 52 nitrogen and oxygen atoms in total. The van der Waals surface area contributed by atoms with Gasteiger partial charge in [-0.05, 0) is 90.1 Å². The quantitative estimate of drug-likeness (QED) is 0.0199. The average molecular weight is 1950 g/mol. The first-order chi connectivity index (χ1) is 64.6. The Morgan fingerprint density at radius 1 is 0.309 bits per heavy atom. The number of ketones is 10. The summed E-state index contributed by atoms with van der Waals surface area (Å²) in [7, 11) is 10.4. The van der Waals surface area contributed by atoms with Crippen molar-refractivity contribution < 1.29 is 176 Å². The Bertz CT molecular complexity index is 4110. The van der Waals surface area contributed by atoms with Gasteiger partial charge in [0, 0.05) is 188 Å². The zero-order valence-electron chi connectivity index (χ0n) is 77.9. The molecule has 0 bridgehead atoms. The molecule has 768 valence electrons. The Morgan fingerprint density at radius 2 is 0.574 bits per heavy atom. The molecule has 18 N–H and O–H groups in total. The molecule has 0 aromatic rings. The van der Waals surface area contributed by atoms with Gasteiger partial charge in [-0.15, -0.1) is 0 Å². The summed E-state index contributed by atoms with van der Waals surface area (Å²) in [6, 6.07) is -12.6. The number of nitrogens with zero attached hydrogens (tertiary/aromatic N) is 2. The molecule has 52 heteroatoms. The number of carbonyl (C=O) groups is 26. The molecule has 14 amide bonds. The Morgan fingerprint density at radius 3 is 0.868 bits per heavy atom. The molecule has 0 aromatic heterocycles. The van der Waals surface area contributed by atoms with Gasteiger partial charge in [0.15, 0.2) is 0 Å². The maximum atomic E-state index is 15.3. The lowest BCUT2D eigenvalue weighted by atomic mass is 9.89. The summed E-state index contributed by atoms with van der Waals surface area (Å²) in [6.45, 7) is -1.39. The number of aliphatic carboxylic acids is 2. The van der Waals surface area contributed by atoms with E-state index < -0.39 is 315 Å². The molecule has 2 rings (SSSR count). The second kappa shape index (κ2) is 69.6. The summed E-state index contributed by atoms with van der Waals surface area (Å²) in [5.41, 5.74) is 11.1. The number of carboxylic acids is 2. The SMILES string of the molecule is COCCNC(=O)C(=O)CCC(CC(=O)CCC(NC(=O)CCC(C(=O)NC(CCC(=O)CC(CCC(=O)C(=O)NCCOC)C(=O)C(=O)NCCOC)C(=O)NC(CCC(=O)C(=O)NCCOC)C(=O)C(=O)NCCOC)N1CCC[C@H]1C(N)=O)C(=O)NC(CCC(=O)C(=O)NCCOC)C(=O)C(=O)NCCOC)C(=O)C(=O)NCCOC.NC(=O)[C@@H]1CCCN1C(CCC(=O)O)C(=O)O.[HH].[HH]. The monoisotopic (exact) mass is 1940 g/mol. The van der Waals surface area contributed by atoms with Gasteiger partial charge in [0.2, 0.25) is 81.7 Å². The second-order valence-corrected chi connectivity index (χ2v) is 31.0. The van der Waals surface area contributed by atoms with E-state index in [1.807, 2.05) is 0 Å². The first kappa shape index (κ1) is 122. The molecule has 2 fully saturated rings. The molecule has 0 spiro atoms. The lowest BCUT2D eigenvalue weighted by molar-refractivity contribution is -0.146. The van der Waals surface area contributed by atoms with Gasteiger partial charge in [-0.25, -0.2) is 0 Å². The number of carboxylic acid groups (broad SMARTS) is 2. The number of carbonyl (C=O) groups excluding carboxylic acids is 24. The number of amides is 14. The summed E-state index contributed by atoms with van der Waals surface area (Å²) in [4.78, 5) is 348. The van der Waals surface area contributed by atoms with E-state index in [1.165, 1.54) is 66.7 Å². The number of nitrogens with one attached hydrogen (secondary N) is 12. The van der Waals surface area contributed by atoms with Crippen molar-refractivity contribution in [2.75, 3.05) is 175 Å². The molecular formula is C84H136N16O36. The van der Waals surface area contributed by atoms with E-state index in [-0.39, 0.29) is 140 Å². The Balaban J connectivity index is 0. The van der Waals surface area contributed by atoms with Crippen LogP contribution in [0, 0.1) is 11.8 Å². The fourth-order valence-electron chi connectivity index (χ4n) is 13.7. The van der Waals surface area contributed by atoms with Gasteiger partial charge >= 0.3 is 11.9 Å². The highest BCUT2D eigenvalue weighted by Crippen LogP contribution is 2.26. The molecule has 0 radical (unpaired) electrons. The van der Waals surface area contributed by atoms with Gasteiger partial charge in [-0.3, -0.25) is 134 Å². The largest absolute Gasteiger partial charge is 0.481 e. The number of ether oxygens (including phenoxy) is 8. The van der Waals surface area contributed by atoms with E-state index in [1.54, 1.807) is 0 Å². The minimum Gasteiger partial charge on any atom is -0.481 e. The molecule has 2 saturated heterocycles. The Kier molecular flexibility index (Phi) is 62.4. The molecule has 10 atom stereocenters. The zero-order valence-corrected chi connectivity index (χ0v) is 77.9. The molecule has 8 unspecified atom stereocenters. The molecule has 2 heterocycles. The molecule has 0 aromatic carbocycles. The number of nitrogens with two attached hydrogens (primary N) is 2. The normalized spacial score (nSPS) is 15.1. The zero-order chi connectivity index (χ0) is 102. The van der Waals surface area contributed by atoms with Crippen LogP contribution in [-0.2, 0) is 163 Å². The van der Waals surface area contributed by atoms with E-state index in [4.69, 9.17) is 59.6 Å². The van der Waals surface area contributed by atoms with Crippen LogP contribution in [0.25, 0.3) is 0 Å². The number of rotatable bonds is 76. The molecule has 0 aliphatic carbocycles. The van der Waals surface area contributed by atoms with Gasteiger partial charge in [0.25, 0.3) is 47.3 Å². The van der Waals surface area contributed by atoms with E-state index in [0.29, 0.717) is 19.4 Å². The van der Waals surface area contributed by atoms with Gasteiger partial charge in [0.05, 0.1) is 83.1 Å². The maximum absolute atomic E-state index is 15.3. The van der Waals surface area contributed by atoms with E-state index in [9.17, 15) is 120 Å². The van der Waals surface area contributed by atoms with Crippen LogP contribution in [0.15, 0.2) is 0 Å². The lowest BCUT2D eigenvalue weighted by Gasteiger charge is -2.32. The number of hydrogen-bond acceptors (Lipinski definition) is 36. The third-order valence-electron chi connectivity index (χ3n) is 21.0. The predicted octanol–water partition coefficient (Wildman–Crippen LogP) is -8.74. The third kappa shape index (κ3) is 48.3. The number of Topliss-reactive ketones (excluding diaryl/α,β-unsaturated/α-hetero) is 10. The Hall–Kier alpha value is -12.2. The molecule has 0 saturated carbocycles. The van der Waals surface area contributed by atoms with Crippen molar-refractivity contribution in [3.63, 3.8) is 0 Å². The number of methoxy groups -OCH3 is 8. The first-order valence-electron chi connectivity index (χ1n) is 43.9. The minimum absolute atomic E-state index is 0. The summed E-state index contributed by atoms with van der Waals surface area (Å²) in [6.07, 6.45) is -10.9. The lowest BCUT2D eigenvalue weighted by Crippen LogP contribution is -2.58. The highest BCUT2D eigenvalue weighted by atomic mass is 16.5.